The molecular formula is C13H24N2S. The van der Waals surface area contributed by atoms with Gasteiger partial charge >= 0.3 is 0 Å². The Balaban J connectivity index is 2.69. The zero-order valence-electron chi connectivity index (χ0n) is 10.8. The van der Waals surface area contributed by atoms with Gasteiger partial charge in [0.2, 0.25) is 0 Å². The minimum Gasteiger partial charge on any atom is -0.330 e. The second kappa shape index (κ2) is 6.36. The Morgan fingerprint density at radius 3 is 2.62 bits per heavy atom. The minimum atomic E-state index is 0.301. The van der Waals surface area contributed by atoms with Crippen LogP contribution in [0.3, 0.4) is 0 Å². The van der Waals surface area contributed by atoms with Gasteiger partial charge in [-0.1, -0.05) is 26.7 Å². The molecule has 0 saturated heterocycles. The first-order chi connectivity index (χ1) is 7.65. The standard InChI is InChI=1S/C13H24N2S/c1-4-6-7-13(5-2,10-14)8-12-9-15-11(3)16-12/h9H,4-8,10,14H2,1-3H3. The number of aromatic nitrogens is 1. The molecule has 1 aromatic rings. The SMILES string of the molecule is CCCCC(CC)(CN)Cc1cnc(C)s1. The maximum atomic E-state index is 6.00. The first-order valence-electron chi connectivity index (χ1n) is 6.27. The van der Waals surface area contributed by atoms with Crippen molar-refractivity contribution in [2.45, 2.75) is 52.9 Å². The molecule has 1 unspecified atom stereocenters. The molecule has 0 aliphatic carbocycles. The molecule has 0 radical (unpaired) electrons. The van der Waals surface area contributed by atoms with Gasteiger partial charge in [0, 0.05) is 11.1 Å². The predicted molar refractivity (Wildman–Crippen MR) is 71.9 cm³/mol. The Labute approximate surface area is 103 Å². The van der Waals surface area contributed by atoms with Crippen molar-refractivity contribution in [2.75, 3.05) is 6.54 Å². The van der Waals surface area contributed by atoms with Crippen molar-refractivity contribution >= 4 is 11.3 Å². The van der Waals surface area contributed by atoms with E-state index in [2.05, 4.69) is 25.8 Å². The summed E-state index contributed by atoms with van der Waals surface area (Å²) in [5.41, 5.74) is 6.30. The lowest BCUT2D eigenvalue weighted by Crippen LogP contribution is -2.32. The van der Waals surface area contributed by atoms with Crippen molar-refractivity contribution in [3.63, 3.8) is 0 Å². The quantitative estimate of drug-likeness (QED) is 0.791. The van der Waals surface area contributed by atoms with Gasteiger partial charge < -0.3 is 5.73 Å². The largest absolute Gasteiger partial charge is 0.330 e. The van der Waals surface area contributed by atoms with Crippen molar-refractivity contribution < 1.29 is 0 Å². The van der Waals surface area contributed by atoms with E-state index in [0.717, 1.165) is 18.0 Å². The first-order valence-corrected chi connectivity index (χ1v) is 7.09. The number of aryl methyl sites for hydroxylation is 1. The van der Waals surface area contributed by atoms with Gasteiger partial charge in [0.1, 0.15) is 0 Å². The third-order valence-corrected chi connectivity index (χ3v) is 4.37. The molecule has 0 aliphatic heterocycles. The van der Waals surface area contributed by atoms with Gasteiger partial charge in [-0.25, -0.2) is 4.98 Å². The van der Waals surface area contributed by atoms with Crippen molar-refractivity contribution in [1.29, 1.82) is 0 Å². The summed E-state index contributed by atoms with van der Waals surface area (Å²) in [6, 6.07) is 0. The van der Waals surface area contributed by atoms with Gasteiger partial charge in [-0.3, -0.25) is 0 Å². The van der Waals surface area contributed by atoms with Crippen molar-refractivity contribution in [1.82, 2.24) is 4.98 Å². The van der Waals surface area contributed by atoms with E-state index in [4.69, 9.17) is 5.73 Å². The fraction of sp³-hybridized carbons (Fsp3) is 0.769. The van der Waals surface area contributed by atoms with Gasteiger partial charge in [0.05, 0.1) is 5.01 Å². The van der Waals surface area contributed by atoms with E-state index in [1.807, 2.05) is 17.5 Å². The third-order valence-electron chi connectivity index (χ3n) is 3.46. The number of hydrogen-bond donors (Lipinski definition) is 1. The number of nitrogens with two attached hydrogens (primary N) is 1. The van der Waals surface area contributed by atoms with Crippen LogP contribution in [-0.4, -0.2) is 11.5 Å². The number of hydrogen-bond acceptors (Lipinski definition) is 3. The highest BCUT2D eigenvalue weighted by Crippen LogP contribution is 2.33. The van der Waals surface area contributed by atoms with E-state index >= 15 is 0 Å². The Kier molecular flexibility index (Phi) is 5.42. The smallest absolute Gasteiger partial charge is 0.0896 e. The maximum absolute atomic E-state index is 6.00. The highest BCUT2D eigenvalue weighted by Gasteiger charge is 2.26. The normalized spacial score (nSPS) is 15.0. The molecule has 3 heteroatoms. The van der Waals surface area contributed by atoms with Gasteiger partial charge in [-0.05, 0) is 38.1 Å². The van der Waals surface area contributed by atoms with Gasteiger partial charge in [-0.15, -0.1) is 11.3 Å². The van der Waals surface area contributed by atoms with E-state index in [-0.39, 0.29) is 0 Å². The predicted octanol–water partition coefficient (Wildman–Crippen LogP) is 3.54. The molecular weight excluding hydrogens is 216 g/mol. The first kappa shape index (κ1) is 13.7. The van der Waals surface area contributed by atoms with Crippen molar-refractivity contribution in [2.24, 2.45) is 11.1 Å². The van der Waals surface area contributed by atoms with Crippen LogP contribution in [0.4, 0.5) is 0 Å². The summed E-state index contributed by atoms with van der Waals surface area (Å²) in [5.74, 6) is 0. The average Bonchev–Trinajstić information content (AvgIpc) is 2.70. The average molecular weight is 240 g/mol. The zero-order valence-corrected chi connectivity index (χ0v) is 11.6. The van der Waals surface area contributed by atoms with Crippen LogP contribution in [0.5, 0.6) is 0 Å². The molecule has 1 atom stereocenters. The monoisotopic (exact) mass is 240 g/mol. The molecule has 0 amide bonds. The lowest BCUT2D eigenvalue weighted by molar-refractivity contribution is 0.253. The second-order valence-corrected chi connectivity index (χ2v) is 6.00. The van der Waals surface area contributed by atoms with E-state index < -0.39 is 0 Å². The summed E-state index contributed by atoms with van der Waals surface area (Å²) >= 11 is 1.81. The molecule has 0 saturated carbocycles. The molecule has 92 valence electrons. The second-order valence-electron chi connectivity index (χ2n) is 4.68. The van der Waals surface area contributed by atoms with Gasteiger partial charge in [0.25, 0.3) is 0 Å². The molecule has 1 heterocycles. The highest BCUT2D eigenvalue weighted by atomic mass is 32.1. The molecule has 2 nitrogen and oxygen atoms in total. The fourth-order valence-electron chi connectivity index (χ4n) is 2.12. The molecule has 0 bridgehead atoms. The summed E-state index contributed by atoms with van der Waals surface area (Å²) < 4.78 is 0. The topological polar surface area (TPSA) is 38.9 Å². The van der Waals surface area contributed by atoms with Crippen LogP contribution in [0.15, 0.2) is 6.20 Å². The molecule has 2 N–H and O–H groups in total. The summed E-state index contributed by atoms with van der Waals surface area (Å²) in [5, 5.41) is 1.16. The van der Waals surface area contributed by atoms with E-state index in [9.17, 15) is 0 Å². The molecule has 16 heavy (non-hydrogen) atoms. The van der Waals surface area contributed by atoms with Gasteiger partial charge in [-0.2, -0.15) is 0 Å². The Morgan fingerprint density at radius 1 is 1.44 bits per heavy atom. The van der Waals surface area contributed by atoms with Crippen LogP contribution in [0, 0.1) is 12.3 Å². The molecule has 0 fully saturated rings. The van der Waals surface area contributed by atoms with Crippen molar-refractivity contribution in [3.8, 4) is 0 Å². The van der Waals surface area contributed by atoms with Crippen LogP contribution >= 0.6 is 11.3 Å². The zero-order chi connectivity index (χ0) is 12.0. The van der Waals surface area contributed by atoms with Crippen molar-refractivity contribution in [3.05, 3.63) is 16.1 Å². The molecule has 1 rings (SSSR count). The van der Waals surface area contributed by atoms with Crippen LogP contribution in [0.25, 0.3) is 0 Å². The summed E-state index contributed by atoms with van der Waals surface area (Å²) in [6.45, 7) is 7.36. The molecule has 1 aromatic heterocycles. The van der Waals surface area contributed by atoms with Gasteiger partial charge in [0.15, 0.2) is 0 Å². The summed E-state index contributed by atoms with van der Waals surface area (Å²) in [4.78, 5) is 5.72. The Hall–Kier alpha value is -0.410. The van der Waals surface area contributed by atoms with Crippen LogP contribution < -0.4 is 5.73 Å². The number of thiazole rings is 1. The Bertz CT molecular complexity index is 303. The van der Waals surface area contributed by atoms with E-state index in [1.54, 1.807) is 0 Å². The minimum absolute atomic E-state index is 0.301. The number of unbranched alkanes of at least 4 members (excludes halogenated alkanes) is 1. The molecule has 0 spiro atoms. The maximum Gasteiger partial charge on any atom is 0.0896 e. The summed E-state index contributed by atoms with van der Waals surface area (Å²) in [7, 11) is 0. The lowest BCUT2D eigenvalue weighted by Gasteiger charge is -2.31. The molecule has 0 aliphatic rings. The van der Waals surface area contributed by atoms with Crippen LogP contribution in [-0.2, 0) is 6.42 Å². The van der Waals surface area contributed by atoms with E-state index in [0.29, 0.717) is 5.41 Å². The fourth-order valence-corrected chi connectivity index (χ4v) is 3.09. The lowest BCUT2D eigenvalue weighted by atomic mass is 9.77. The van der Waals surface area contributed by atoms with Crippen LogP contribution in [0.1, 0.15) is 49.4 Å². The third kappa shape index (κ3) is 3.56. The summed E-state index contributed by atoms with van der Waals surface area (Å²) in [6.07, 6.45) is 8.07. The highest BCUT2D eigenvalue weighted by molar-refractivity contribution is 7.11. The molecule has 0 aromatic carbocycles. The number of rotatable bonds is 7. The Morgan fingerprint density at radius 2 is 2.19 bits per heavy atom. The number of nitrogens with zero attached hydrogens (tertiary/aromatic N) is 1. The van der Waals surface area contributed by atoms with E-state index in [1.165, 1.54) is 30.6 Å². The van der Waals surface area contributed by atoms with Crippen LogP contribution in [0.2, 0.25) is 0 Å².